The summed E-state index contributed by atoms with van der Waals surface area (Å²) in [5.41, 5.74) is 1.06. The normalized spacial score (nSPS) is 12.3. The van der Waals surface area contributed by atoms with Gasteiger partial charge in [-0.1, -0.05) is 13.0 Å². The molecule has 0 saturated carbocycles. The largest absolute Gasteiger partial charge is 0.490 e. The van der Waals surface area contributed by atoms with Crippen LogP contribution in [0.1, 0.15) is 52.1 Å². The number of amides is 1. The fraction of sp³-hybridized carbons (Fsp3) is 0.600. The van der Waals surface area contributed by atoms with Gasteiger partial charge in [0.2, 0.25) is 5.91 Å². The molecule has 0 fully saturated rings. The summed E-state index contributed by atoms with van der Waals surface area (Å²) in [6.07, 6.45) is 1.35. The average Bonchev–Trinajstić information content (AvgIpc) is 2.67. The standard InChI is InChI=1S/C20H34N4O3/c1-6-12-22-19(25)11-13-23-20(21-5)24-15(4)16-9-10-17(26-7-2)18(14-16)27-8-3/h9-10,14-15H,6-8,11-13H2,1-5H3,(H,22,25)(H2,21,23,24). The maximum Gasteiger partial charge on any atom is 0.221 e. The Kier molecular flexibility index (Phi) is 10.7. The van der Waals surface area contributed by atoms with E-state index in [1.165, 1.54) is 0 Å². The van der Waals surface area contributed by atoms with Crippen molar-refractivity contribution in [3.8, 4) is 11.5 Å². The topological polar surface area (TPSA) is 84.0 Å². The van der Waals surface area contributed by atoms with Gasteiger partial charge in [0.15, 0.2) is 17.5 Å². The van der Waals surface area contributed by atoms with E-state index in [2.05, 4.69) is 20.9 Å². The minimum absolute atomic E-state index is 0.0139. The molecule has 0 radical (unpaired) electrons. The molecule has 1 atom stereocenters. The summed E-state index contributed by atoms with van der Waals surface area (Å²) in [7, 11) is 1.71. The molecule has 0 bridgehead atoms. The average molecular weight is 379 g/mol. The van der Waals surface area contributed by atoms with Crippen LogP contribution in [0.3, 0.4) is 0 Å². The number of hydrogen-bond donors (Lipinski definition) is 3. The molecule has 0 aliphatic heterocycles. The second kappa shape index (κ2) is 12.8. The third kappa shape index (κ3) is 8.19. The van der Waals surface area contributed by atoms with Gasteiger partial charge >= 0.3 is 0 Å². The second-order valence-corrected chi connectivity index (χ2v) is 6.04. The van der Waals surface area contributed by atoms with Crippen molar-refractivity contribution in [3.63, 3.8) is 0 Å². The molecule has 1 amide bonds. The first-order valence-electron chi connectivity index (χ1n) is 9.69. The van der Waals surface area contributed by atoms with Crippen molar-refractivity contribution in [2.24, 2.45) is 4.99 Å². The lowest BCUT2D eigenvalue weighted by Crippen LogP contribution is -2.40. The van der Waals surface area contributed by atoms with E-state index in [9.17, 15) is 4.79 Å². The number of nitrogens with zero attached hydrogens (tertiary/aromatic N) is 1. The van der Waals surface area contributed by atoms with E-state index in [-0.39, 0.29) is 11.9 Å². The van der Waals surface area contributed by atoms with Crippen LogP contribution in [-0.2, 0) is 4.79 Å². The van der Waals surface area contributed by atoms with Gasteiger partial charge in [-0.05, 0) is 44.9 Å². The highest BCUT2D eigenvalue weighted by atomic mass is 16.5. The highest BCUT2D eigenvalue weighted by Gasteiger charge is 2.12. The summed E-state index contributed by atoms with van der Waals surface area (Å²) in [4.78, 5) is 15.9. The van der Waals surface area contributed by atoms with Crippen LogP contribution in [0.4, 0.5) is 0 Å². The van der Waals surface area contributed by atoms with Crippen LogP contribution in [0, 0.1) is 0 Å². The number of rotatable bonds is 11. The zero-order valence-corrected chi connectivity index (χ0v) is 17.2. The van der Waals surface area contributed by atoms with E-state index in [4.69, 9.17) is 9.47 Å². The summed E-state index contributed by atoms with van der Waals surface area (Å²) < 4.78 is 11.3. The molecular weight excluding hydrogens is 344 g/mol. The van der Waals surface area contributed by atoms with E-state index in [0.717, 1.165) is 23.5 Å². The number of carbonyl (C=O) groups excluding carboxylic acids is 1. The second-order valence-electron chi connectivity index (χ2n) is 6.04. The number of benzene rings is 1. The molecule has 0 aliphatic rings. The van der Waals surface area contributed by atoms with Crippen molar-refractivity contribution >= 4 is 11.9 Å². The van der Waals surface area contributed by atoms with Gasteiger partial charge in [0.1, 0.15) is 0 Å². The minimum atomic E-state index is 0.0139. The van der Waals surface area contributed by atoms with Gasteiger partial charge in [-0.15, -0.1) is 0 Å². The predicted octanol–water partition coefficient (Wildman–Crippen LogP) is 2.63. The van der Waals surface area contributed by atoms with Crippen molar-refractivity contribution in [3.05, 3.63) is 23.8 Å². The van der Waals surface area contributed by atoms with Crippen LogP contribution >= 0.6 is 0 Å². The van der Waals surface area contributed by atoms with Crippen molar-refractivity contribution in [1.82, 2.24) is 16.0 Å². The highest BCUT2D eigenvalue weighted by Crippen LogP contribution is 2.30. The van der Waals surface area contributed by atoms with Crippen LogP contribution < -0.4 is 25.4 Å². The SMILES string of the molecule is CCCNC(=O)CCNC(=NC)NC(C)c1ccc(OCC)c(OCC)c1. The molecule has 1 aromatic rings. The Labute approximate surface area is 162 Å². The molecule has 1 unspecified atom stereocenters. The Morgan fingerprint density at radius 3 is 2.41 bits per heavy atom. The minimum Gasteiger partial charge on any atom is -0.490 e. The maximum atomic E-state index is 11.7. The zero-order valence-electron chi connectivity index (χ0n) is 17.2. The number of aliphatic imine (C=N–C) groups is 1. The maximum absolute atomic E-state index is 11.7. The Balaban J connectivity index is 2.63. The first kappa shape index (κ1) is 22.6. The van der Waals surface area contributed by atoms with Gasteiger partial charge in [0, 0.05) is 26.6 Å². The summed E-state index contributed by atoms with van der Waals surface area (Å²) >= 11 is 0. The van der Waals surface area contributed by atoms with E-state index in [1.54, 1.807) is 7.05 Å². The molecule has 0 saturated heterocycles. The Morgan fingerprint density at radius 1 is 1.07 bits per heavy atom. The van der Waals surface area contributed by atoms with Crippen LogP contribution in [0.25, 0.3) is 0 Å². The van der Waals surface area contributed by atoms with Crippen LogP contribution in [0.5, 0.6) is 11.5 Å². The Hall–Kier alpha value is -2.44. The van der Waals surface area contributed by atoms with Crippen LogP contribution in [0.2, 0.25) is 0 Å². The molecule has 1 rings (SSSR count). The molecule has 152 valence electrons. The van der Waals surface area contributed by atoms with E-state index >= 15 is 0 Å². The predicted molar refractivity (Wildman–Crippen MR) is 110 cm³/mol. The van der Waals surface area contributed by atoms with Crippen LogP contribution in [0.15, 0.2) is 23.2 Å². The molecule has 0 spiro atoms. The number of ether oxygens (including phenoxy) is 2. The summed E-state index contributed by atoms with van der Waals surface area (Å²) in [6.45, 7) is 10.4. The molecule has 3 N–H and O–H groups in total. The summed E-state index contributed by atoms with van der Waals surface area (Å²) in [5.74, 6) is 2.18. The van der Waals surface area contributed by atoms with Crippen LogP contribution in [-0.4, -0.2) is 45.2 Å². The van der Waals surface area contributed by atoms with Gasteiger partial charge in [0.05, 0.1) is 19.3 Å². The summed E-state index contributed by atoms with van der Waals surface area (Å²) in [6, 6.07) is 5.94. The number of guanidine groups is 1. The quantitative estimate of drug-likeness (QED) is 0.407. The van der Waals surface area contributed by atoms with Gasteiger partial charge in [-0.3, -0.25) is 9.79 Å². The fourth-order valence-electron chi connectivity index (χ4n) is 2.47. The molecule has 7 nitrogen and oxygen atoms in total. The van der Waals surface area contributed by atoms with Gasteiger partial charge in [0.25, 0.3) is 0 Å². The van der Waals surface area contributed by atoms with E-state index < -0.39 is 0 Å². The lowest BCUT2D eigenvalue weighted by atomic mass is 10.1. The molecule has 0 heterocycles. The third-order valence-corrected chi connectivity index (χ3v) is 3.86. The number of carbonyl (C=O) groups is 1. The van der Waals surface area contributed by atoms with Crippen molar-refractivity contribution in [2.45, 2.75) is 46.6 Å². The number of hydrogen-bond acceptors (Lipinski definition) is 4. The van der Waals surface area contributed by atoms with Crippen molar-refractivity contribution in [2.75, 3.05) is 33.4 Å². The smallest absolute Gasteiger partial charge is 0.221 e. The molecule has 1 aromatic carbocycles. The number of nitrogens with one attached hydrogen (secondary N) is 3. The van der Waals surface area contributed by atoms with Gasteiger partial charge < -0.3 is 25.4 Å². The highest BCUT2D eigenvalue weighted by molar-refractivity contribution is 5.81. The lowest BCUT2D eigenvalue weighted by molar-refractivity contribution is -0.120. The first-order valence-corrected chi connectivity index (χ1v) is 9.69. The first-order chi connectivity index (χ1) is 13.0. The van der Waals surface area contributed by atoms with Crippen molar-refractivity contribution < 1.29 is 14.3 Å². The third-order valence-electron chi connectivity index (χ3n) is 3.86. The fourth-order valence-corrected chi connectivity index (χ4v) is 2.47. The van der Waals surface area contributed by atoms with E-state index in [0.29, 0.717) is 38.7 Å². The van der Waals surface area contributed by atoms with Gasteiger partial charge in [-0.25, -0.2) is 0 Å². The lowest BCUT2D eigenvalue weighted by Gasteiger charge is -2.20. The van der Waals surface area contributed by atoms with Gasteiger partial charge in [-0.2, -0.15) is 0 Å². The van der Waals surface area contributed by atoms with Crippen molar-refractivity contribution in [1.29, 1.82) is 0 Å². The molecule has 0 aromatic heterocycles. The Morgan fingerprint density at radius 2 is 1.78 bits per heavy atom. The monoisotopic (exact) mass is 378 g/mol. The molecule has 27 heavy (non-hydrogen) atoms. The Bertz CT molecular complexity index is 605. The molecule has 7 heteroatoms. The molecule has 0 aliphatic carbocycles. The zero-order chi connectivity index (χ0) is 20.1. The molecular formula is C20H34N4O3. The van der Waals surface area contributed by atoms with E-state index in [1.807, 2.05) is 45.9 Å². The summed E-state index contributed by atoms with van der Waals surface area (Å²) in [5, 5.41) is 9.36.